The number of aryl methyl sites for hydroxylation is 1. The lowest BCUT2D eigenvalue weighted by Gasteiger charge is -2.20. The van der Waals surface area contributed by atoms with Crippen LogP contribution >= 0.6 is 0 Å². The number of fused-ring (bicyclic) bond motifs is 1. The molecule has 0 radical (unpaired) electrons. The van der Waals surface area contributed by atoms with Gasteiger partial charge in [0.1, 0.15) is 5.75 Å². The molecule has 4 rings (SSSR count). The average Bonchev–Trinajstić information content (AvgIpc) is 3.50. The summed E-state index contributed by atoms with van der Waals surface area (Å²) in [5, 5.41) is 0. The van der Waals surface area contributed by atoms with E-state index < -0.39 is 10.0 Å². The summed E-state index contributed by atoms with van der Waals surface area (Å²) in [6, 6.07) is 10.5. The first-order valence-electron chi connectivity index (χ1n) is 10.4. The minimum atomic E-state index is -3.70. The van der Waals surface area contributed by atoms with Gasteiger partial charge in [-0.05, 0) is 73.6 Å². The van der Waals surface area contributed by atoms with Crippen LogP contribution in [0.2, 0.25) is 0 Å². The Morgan fingerprint density at radius 3 is 2.63 bits per heavy atom. The van der Waals surface area contributed by atoms with Crippen LogP contribution in [-0.2, 0) is 21.2 Å². The molecule has 30 heavy (non-hydrogen) atoms. The van der Waals surface area contributed by atoms with E-state index in [9.17, 15) is 13.2 Å². The van der Waals surface area contributed by atoms with Gasteiger partial charge in [0.15, 0.2) is 0 Å². The Hall–Kier alpha value is -2.38. The summed E-state index contributed by atoms with van der Waals surface area (Å²) in [4.78, 5) is 14.5. The van der Waals surface area contributed by atoms with Gasteiger partial charge in [-0.15, -0.1) is 0 Å². The molecule has 0 spiro atoms. The number of anilines is 1. The number of rotatable bonds is 7. The molecule has 1 unspecified atom stereocenters. The van der Waals surface area contributed by atoms with Gasteiger partial charge in [-0.1, -0.05) is 19.1 Å². The van der Waals surface area contributed by atoms with E-state index in [4.69, 9.17) is 4.74 Å². The number of carbonyl (C=O) groups is 1. The second kappa shape index (κ2) is 8.04. The minimum Gasteiger partial charge on any atom is -0.496 e. The molecule has 2 aromatic rings. The highest BCUT2D eigenvalue weighted by molar-refractivity contribution is 7.89. The van der Waals surface area contributed by atoms with E-state index in [0.29, 0.717) is 19.4 Å². The van der Waals surface area contributed by atoms with Crippen LogP contribution in [0, 0.1) is 12.8 Å². The molecule has 2 aliphatic rings. The summed E-state index contributed by atoms with van der Waals surface area (Å²) in [7, 11) is -2.08. The molecule has 1 aliphatic carbocycles. The monoisotopic (exact) mass is 428 g/mol. The first-order chi connectivity index (χ1) is 14.3. The Kier molecular flexibility index (Phi) is 5.59. The van der Waals surface area contributed by atoms with Crippen molar-refractivity contribution in [2.75, 3.05) is 18.6 Å². The van der Waals surface area contributed by atoms with E-state index in [2.05, 4.69) is 4.72 Å². The Morgan fingerprint density at radius 1 is 1.23 bits per heavy atom. The summed E-state index contributed by atoms with van der Waals surface area (Å²) in [6.45, 7) is 4.53. The van der Waals surface area contributed by atoms with Gasteiger partial charge in [0.05, 0.1) is 12.0 Å². The van der Waals surface area contributed by atoms with E-state index in [1.54, 1.807) is 25.3 Å². The zero-order chi connectivity index (χ0) is 21.5. The fourth-order valence-corrected chi connectivity index (χ4v) is 5.44. The predicted octanol–water partition coefficient (Wildman–Crippen LogP) is 3.73. The molecular formula is C23H28N2O4S. The maximum atomic E-state index is 13.1. The molecular weight excluding hydrogens is 400 g/mol. The van der Waals surface area contributed by atoms with Gasteiger partial charge in [0.25, 0.3) is 0 Å². The highest BCUT2D eigenvalue weighted by Crippen LogP contribution is 2.37. The van der Waals surface area contributed by atoms with Gasteiger partial charge < -0.3 is 9.64 Å². The lowest BCUT2D eigenvalue weighted by Crippen LogP contribution is -2.30. The molecule has 1 heterocycles. The summed E-state index contributed by atoms with van der Waals surface area (Å²) in [5.41, 5.74) is 3.64. The van der Waals surface area contributed by atoms with Crippen LogP contribution in [0.5, 0.6) is 5.75 Å². The van der Waals surface area contributed by atoms with Crippen LogP contribution in [0.25, 0.3) is 0 Å². The number of hydrogen-bond donors (Lipinski definition) is 1. The fraction of sp³-hybridized carbons (Fsp3) is 0.435. The smallest absolute Gasteiger partial charge is 0.241 e. The van der Waals surface area contributed by atoms with Crippen molar-refractivity contribution in [3.63, 3.8) is 0 Å². The maximum Gasteiger partial charge on any atom is 0.241 e. The molecule has 7 heteroatoms. The molecule has 0 bridgehead atoms. The Bertz CT molecular complexity index is 1080. The number of amides is 1. The quantitative estimate of drug-likeness (QED) is 0.729. The molecule has 0 aromatic heterocycles. The number of ether oxygens (including phenoxy) is 1. The van der Waals surface area contributed by atoms with E-state index in [0.717, 1.165) is 41.0 Å². The van der Waals surface area contributed by atoms with E-state index in [1.165, 1.54) is 0 Å². The van der Waals surface area contributed by atoms with Crippen LogP contribution in [0.1, 0.15) is 48.9 Å². The van der Waals surface area contributed by atoms with Crippen molar-refractivity contribution in [2.24, 2.45) is 5.92 Å². The zero-order valence-corrected chi connectivity index (χ0v) is 18.5. The van der Waals surface area contributed by atoms with Crippen molar-refractivity contribution in [3.05, 3.63) is 53.1 Å². The van der Waals surface area contributed by atoms with Gasteiger partial charge in [0, 0.05) is 24.2 Å². The minimum absolute atomic E-state index is 0.152. The number of sulfonamides is 1. The molecule has 1 saturated carbocycles. The highest BCUT2D eigenvalue weighted by Gasteiger charge is 2.36. The molecule has 1 aliphatic heterocycles. The van der Waals surface area contributed by atoms with E-state index in [1.807, 2.05) is 36.9 Å². The van der Waals surface area contributed by atoms with Crippen molar-refractivity contribution in [1.82, 2.24) is 4.72 Å². The number of nitrogens with zero attached hydrogens (tertiary/aromatic N) is 1. The number of benzene rings is 2. The molecule has 1 atom stereocenters. The number of carbonyl (C=O) groups excluding carboxylic acids is 1. The largest absolute Gasteiger partial charge is 0.496 e. The summed E-state index contributed by atoms with van der Waals surface area (Å²) in [5.74, 6) is 1.10. The van der Waals surface area contributed by atoms with Crippen LogP contribution in [0.4, 0.5) is 5.69 Å². The first-order valence-corrected chi connectivity index (χ1v) is 11.9. The molecule has 1 N–H and O–H groups in total. The predicted molar refractivity (Wildman–Crippen MR) is 116 cm³/mol. The summed E-state index contributed by atoms with van der Waals surface area (Å²) >= 11 is 0. The highest BCUT2D eigenvalue weighted by atomic mass is 32.2. The lowest BCUT2D eigenvalue weighted by atomic mass is 10.0. The molecule has 0 saturated heterocycles. The third-order valence-electron chi connectivity index (χ3n) is 5.98. The molecule has 6 nitrogen and oxygen atoms in total. The van der Waals surface area contributed by atoms with Crippen molar-refractivity contribution >= 4 is 21.6 Å². The average molecular weight is 429 g/mol. The molecule has 1 amide bonds. The van der Waals surface area contributed by atoms with Gasteiger partial charge in [0.2, 0.25) is 15.9 Å². The van der Waals surface area contributed by atoms with E-state index >= 15 is 0 Å². The molecule has 1 fully saturated rings. The van der Waals surface area contributed by atoms with Crippen molar-refractivity contribution in [3.8, 4) is 5.75 Å². The second-order valence-electron chi connectivity index (χ2n) is 8.12. The number of nitrogens with one attached hydrogen (secondary N) is 1. The van der Waals surface area contributed by atoms with Crippen LogP contribution in [0.15, 0.2) is 41.3 Å². The summed E-state index contributed by atoms with van der Waals surface area (Å²) < 4.78 is 34.3. The summed E-state index contributed by atoms with van der Waals surface area (Å²) in [6.07, 6.45) is 3.24. The topological polar surface area (TPSA) is 75.7 Å². The third kappa shape index (κ3) is 3.96. The van der Waals surface area contributed by atoms with Crippen molar-refractivity contribution in [2.45, 2.75) is 50.5 Å². The fourth-order valence-electron chi connectivity index (χ4n) is 4.09. The van der Waals surface area contributed by atoms with Crippen molar-refractivity contribution < 1.29 is 17.9 Å². The van der Waals surface area contributed by atoms with E-state index in [-0.39, 0.29) is 22.8 Å². The first kappa shape index (κ1) is 20.9. The number of methoxy groups -OCH3 is 1. The SMILES string of the molecule is CCC(NS(=O)(=O)c1ccc2c(c1)CCN2C(=O)C1CC1)c1ccc(OC)c(C)c1. The normalized spacial score (nSPS) is 17.0. The van der Waals surface area contributed by atoms with Crippen LogP contribution < -0.4 is 14.4 Å². The Morgan fingerprint density at radius 2 is 2.00 bits per heavy atom. The second-order valence-corrected chi connectivity index (χ2v) is 9.83. The van der Waals surface area contributed by atoms with Gasteiger partial charge in [-0.2, -0.15) is 0 Å². The maximum absolute atomic E-state index is 13.1. The van der Waals surface area contributed by atoms with Crippen molar-refractivity contribution in [1.29, 1.82) is 0 Å². The lowest BCUT2D eigenvalue weighted by molar-refractivity contribution is -0.119. The Labute approximate surface area is 178 Å². The van der Waals surface area contributed by atoms with Gasteiger partial charge >= 0.3 is 0 Å². The molecule has 2 aromatic carbocycles. The van der Waals surface area contributed by atoms with Crippen LogP contribution in [0.3, 0.4) is 0 Å². The third-order valence-corrected chi connectivity index (χ3v) is 7.45. The van der Waals surface area contributed by atoms with Crippen LogP contribution in [-0.4, -0.2) is 28.0 Å². The standard InChI is InChI=1S/C23H28N2O4S/c1-4-20(17-7-10-22(29-3)15(2)13-17)24-30(27,28)19-8-9-21-18(14-19)11-12-25(21)23(26)16-5-6-16/h7-10,13-14,16,20,24H,4-6,11-12H2,1-3H3. The van der Waals surface area contributed by atoms with Gasteiger partial charge in [-0.25, -0.2) is 13.1 Å². The zero-order valence-electron chi connectivity index (χ0n) is 17.6. The van der Waals surface area contributed by atoms with Gasteiger partial charge in [-0.3, -0.25) is 4.79 Å². The number of hydrogen-bond acceptors (Lipinski definition) is 4. The molecule has 160 valence electrons. The Balaban J connectivity index is 1.56.